The topological polar surface area (TPSA) is 20.2 Å². The highest BCUT2D eigenvalue weighted by Gasteiger charge is 2.59. The number of aliphatic hydroxyl groups is 1. The van der Waals surface area contributed by atoms with Crippen molar-refractivity contribution in [3.63, 3.8) is 0 Å². The second kappa shape index (κ2) is 2.91. The molecule has 1 atom stereocenters. The molecule has 2 rings (SSSR count). The minimum absolute atomic E-state index is 0.296. The van der Waals surface area contributed by atoms with Crippen LogP contribution in [-0.4, -0.2) is 17.1 Å². The zero-order chi connectivity index (χ0) is 9.53. The average molecular weight is 190 g/mol. The summed E-state index contributed by atoms with van der Waals surface area (Å²) in [6.07, 6.45) is 2.92. The van der Waals surface area contributed by atoms with Gasteiger partial charge >= 0.3 is 0 Å². The third-order valence-electron chi connectivity index (χ3n) is 4.05. The Balaban J connectivity index is 2.26. The van der Waals surface area contributed by atoms with E-state index in [0.717, 1.165) is 38.5 Å². The maximum atomic E-state index is 12.8. The first-order valence-corrected chi connectivity index (χ1v) is 5.11. The number of hydrogen-bond acceptors (Lipinski definition) is 1. The lowest BCUT2D eigenvalue weighted by Crippen LogP contribution is -2.48. The van der Waals surface area contributed by atoms with E-state index in [1.165, 1.54) is 0 Å². The molecule has 2 aliphatic rings. The Hall–Kier alpha value is -0.180. The van der Waals surface area contributed by atoms with Crippen molar-refractivity contribution in [1.82, 2.24) is 0 Å². The maximum absolute atomic E-state index is 12.8. The van der Waals surface area contributed by atoms with Crippen LogP contribution in [0.3, 0.4) is 0 Å². The van der Waals surface area contributed by atoms with Crippen molar-refractivity contribution < 1.29 is 13.9 Å². The first-order valence-electron chi connectivity index (χ1n) is 5.11. The van der Waals surface area contributed by atoms with Crippen LogP contribution >= 0.6 is 0 Å². The summed E-state index contributed by atoms with van der Waals surface area (Å²) in [4.78, 5) is 0. The molecular formula is C10H16F2O. The van der Waals surface area contributed by atoms with Crippen molar-refractivity contribution in [1.29, 1.82) is 0 Å². The Morgan fingerprint density at radius 3 is 2.00 bits per heavy atom. The van der Waals surface area contributed by atoms with Crippen molar-refractivity contribution in [2.24, 2.45) is 5.41 Å². The predicted octanol–water partition coefficient (Wildman–Crippen LogP) is 2.73. The Morgan fingerprint density at radius 2 is 1.46 bits per heavy atom. The quantitative estimate of drug-likeness (QED) is 0.674. The minimum Gasteiger partial charge on any atom is -0.383 e. The average Bonchev–Trinajstić information content (AvgIpc) is 2.64. The van der Waals surface area contributed by atoms with E-state index in [1.807, 2.05) is 0 Å². The Kier molecular flexibility index (Phi) is 2.10. The molecule has 0 heterocycles. The summed E-state index contributed by atoms with van der Waals surface area (Å²) >= 11 is 0. The van der Waals surface area contributed by atoms with Gasteiger partial charge in [0.2, 0.25) is 0 Å². The summed E-state index contributed by atoms with van der Waals surface area (Å²) in [6.45, 7) is 0. The van der Waals surface area contributed by atoms with E-state index in [9.17, 15) is 13.9 Å². The highest BCUT2D eigenvalue weighted by atomic mass is 19.3. The van der Waals surface area contributed by atoms with Crippen molar-refractivity contribution in [2.45, 2.75) is 57.0 Å². The molecule has 0 aliphatic heterocycles. The van der Waals surface area contributed by atoms with Crippen molar-refractivity contribution in [2.75, 3.05) is 0 Å². The fourth-order valence-electron chi connectivity index (χ4n) is 3.25. The van der Waals surface area contributed by atoms with Crippen LogP contribution in [0.5, 0.6) is 0 Å². The number of halogens is 2. The van der Waals surface area contributed by atoms with Crippen molar-refractivity contribution in [3.05, 3.63) is 0 Å². The monoisotopic (exact) mass is 190 g/mol. The molecule has 0 saturated heterocycles. The van der Waals surface area contributed by atoms with Crippen LogP contribution in [0.25, 0.3) is 0 Å². The van der Waals surface area contributed by atoms with Gasteiger partial charge in [0.25, 0.3) is 6.43 Å². The van der Waals surface area contributed by atoms with E-state index in [4.69, 9.17) is 0 Å². The molecule has 0 aromatic carbocycles. The molecule has 1 unspecified atom stereocenters. The Labute approximate surface area is 77.1 Å². The second-order valence-electron chi connectivity index (χ2n) is 4.57. The van der Waals surface area contributed by atoms with E-state index in [2.05, 4.69) is 0 Å². The number of rotatable bonds is 1. The SMILES string of the molecule is OC1(C(F)F)CCCC12CCCC2. The third kappa shape index (κ3) is 1.13. The van der Waals surface area contributed by atoms with Crippen LogP contribution in [-0.2, 0) is 0 Å². The van der Waals surface area contributed by atoms with Gasteiger partial charge in [0, 0.05) is 5.41 Å². The molecule has 0 aromatic heterocycles. The molecule has 2 fully saturated rings. The van der Waals surface area contributed by atoms with Crippen LogP contribution in [0.1, 0.15) is 44.9 Å². The van der Waals surface area contributed by atoms with E-state index in [1.54, 1.807) is 0 Å². The van der Waals surface area contributed by atoms with E-state index in [-0.39, 0.29) is 0 Å². The normalized spacial score (nSPS) is 37.8. The van der Waals surface area contributed by atoms with Gasteiger partial charge in [-0.2, -0.15) is 0 Å². The molecule has 2 aliphatic carbocycles. The first kappa shape index (κ1) is 9.38. The van der Waals surface area contributed by atoms with Crippen LogP contribution < -0.4 is 0 Å². The third-order valence-corrected chi connectivity index (χ3v) is 4.05. The van der Waals surface area contributed by atoms with Gasteiger partial charge in [0.15, 0.2) is 0 Å². The summed E-state index contributed by atoms with van der Waals surface area (Å²) in [5, 5.41) is 9.97. The molecule has 1 N–H and O–H groups in total. The van der Waals surface area contributed by atoms with Gasteiger partial charge in [-0.25, -0.2) is 8.78 Å². The molecule has 2 saturated carbocycles. The van der Waals surface area contributed by atoms with Crippen molar-refractivity contribution in [3.8, 4) is 0 Å². The van der Waals surface area contributed by atoms with E-state index < -0.39 is 17.4 Å². The smallest absolute Gasteiger partial charge is 0.267 e. The fourth-order valence-corrected chi connectivity index (χ4v) is 3.25. The summed E-state index contributed by atoms with van der Waals surface area (Å²) in [5.41, 5.74) is -2.09. The highest BCUT2D eigenvalue weighted by Crippen LogP contribution is 2.58. The summed E-state index contributed by atoms with van der Waals surface area (Å²) in [5.74, 6) is 0. The molecular weight excluding hydrogens is 174 g/mol. The summed E-state index contributed by atoms with van der Waals surface area (Å²) < 4.78 is 25.5. The van der Waals surface area contributed by atoms with E-state index >= 15 is 0 Å². The molecule has 76 valence electrons. The zero-order valence-electron chi connectivity index (χ0n) is 7.73. The van der Waals surface area contributed by atoms with Gasteiger partial charge in [-0.3, -0.25) is 0 Å². The minimum atomic E-state index is -2.56. The van der Waals surface area contributed by atoms with Crippen LogP contribution in [0.2, 0.25) is 0 Å². The van der Waals surface area contributed by atoms with Gasteiger partial charge in [-0.15, -0.1) is 0 Å². The van der Waals surface area contributed by atoms with E-state index in [0.29, 0.717) is 6.42 Å². The van der Waals surface area contributed by atoms with Crippen LogP contribution in [0.15, 0.2) is 0 Å². The summed E-state index contributed by atoms with van der Waals surface area (Å²) in [6, 6.07) is 0. The zero-order valence-corrected chi connectivity index (χ0v) is 7.73. The number of hydrogen-bond donors (Lipinski definition) is 1. The Morgan fingerprint density at radius 1 is 0.923 bits per heavy atom. The van der Waals surface area contributed by atoms with Gasteiger partial charge in [0.1, 0.15) is 5.60 Å². The molecule has 1 spiro atoms. The lowest BCUT2D eigenvalue weighted by Gasteiger charge is -2.38. The van der Waals surface area contributed by atoms with Crippen LogP contribution in [0, 0.1) is 5.41 Å². The lowest BCUT2D eigenvalue weighted by molar-refractivity contribution is -0.157. The van der Waals surface area contributed by atoms with Gasteiger partial charge < -0.3 is 5.11 Å². The van der Waals surface area contributed by atoms with Gasteiger partial charge in [-0.1, -0.05) is 12.8 Å². The maximum Gasteiger partial charge on any atom is 0.267 e. The molecule has 0 amide bonds. The summed E-state index contributed by atoms with van der Waals surface area (Å²) in [7, 11) is 0. The highest BCUT2D eigenvalue weighted by molar-refractivity contribution is 5.07. The standard InChI is InChI=1S/C10H16F2O/c11-8(12)10(13)7-3-6-9(10)4-1-2-5-9/h8,13H,1-7H2. The fraction of sp³-hybridized carbons (Fsp3) is 1.00. The molecule has 3 heteroatoms. The van der Waals surface area contributed by atoms with Crippen LogP contribution in [0.4, 0.5) is 8.78 Å². The largest absolute Gasteiger partial charge is 0.383 e. The van der Waals surface area contributed by atoms with Gasteiger partial charge in [-0.05, 0) is 32.1 Å². The molecule has 1 nitrogen and oxygen atoms in total. The van der Waals surface area contributed by atoms with Gasteiger partial charge in [0.05, 0.1) is 0 Å². The molecule has 0 bridgehead atoms. The lowest BCUT2D eigenvalue weighted by atomic mass is 9.73. The molecule has 13 heavy (non-hydrogen) atoms. The second-order valence-corrected chi connectivity index (χ2v) is 4.57. The number of alkyl halides is 2. The molecule has 0 aromatic rings. The Bertz CT molecular complexity index is 188. The predicted molar refractivity (Wildman–Crippen MR) is 45.7 cm³/mol. The van der Waals surface area contributed by atoms with Crippen molar-refractivity contribution >= 4 is 0 Å². The first-order chi connectivity index (χ1) is 6.11. The molecule has 0 radical (unpaired) electrons.